The number of nitrogens with one attached hydrogen (secondary N) is 1. The van der Waals surface area contributed by atoms with Gasteiger partial charge in [0.1, 0.15) is 0 Å². The van der Waals surface area contributed by atoms with E-state index in [-0.39, 0.29) is 0 Å². The first-order valence-electron chi connectivity index (χ1n) is 6.35. The van der Waals surface area contributed by atoms with Crippen LogP contribution in [0, 0.1) is 6.92 Å². The number of para-hydroxylation sites is 1. The Morgan fingerprint density at radius 3 is 2.28 bits per heavy atom. The number of anilines is 2. The monoisotopic (exact) mass is 259 g/mol. The topological polar surface area (TPSA) is 12.0 Å². The second kappa shape index (κ2) is 3.33. The van der Waals surface area contributed by atoms with Gasteiger partial charge in [-0.1, -0.05) is 18.2 Å². The normalized spacial score (nSPS) is 20.8. The summed E-state index contributed by atoms with van der Waals surface area (Å²) in [5.41, 5.74) is 3.90. The van der Waals surface area contributed by atoms with Crippen LogP contribution in [0.2, 0.25) is 0 Å². The Kier molecular flexibility index (Phi) is 2.16. The number of rotatable bonds is 0. The van der Waals surface area contributed by atoms with Gasteiger partial charge >= 0.3 is 0 Å². The maximum Gasteiger partial charge on any atom is 0.0495 e. The first kappa shape index (κ1) is 11.7. The summed E-state index contributed by atoms with van der Waals surface area (Å²) in [5, 5.41) is 3.58. The molecule has 1 aliphatic heterocycles. The Balaban J connectivity index is 2.37. The molecule has 0 atom stereocenters. The highest BCUT2D eigenvalue weighted by atomic mass is 32.3. The van der Waals surface area contributed by atoms with Gasteiger partial charge in [0, 0.05) is 21.2 Å². The van der Waals surface area contributed by atoms with Crippen molar-refractivity contribution in [1.29, 1.82) is 0 Å². The molecular weight excluding hydrogens is 238 g/mol. The lowest BCUT2D eigenvalue weighted by atomic mass is 10.2. The van der Waals surface area contributed by atoms with Crippen molar-refractivity contribution >= 4 is 20.5 Å². The highest BCUT2D eigenvalue weighted by Crippen LogP contribution is 2.77. The van der Waals surface area contributed by atoms with E-state index in [0.29, 0.717) is 0 Å². The predicted octanol–water partition coefficient (Wildman–Crippen LogP) is 4.43. The Bertz CT molecular complexity index is 635. The third-order valence-corrected chi connectivity index (χ3v) is 8.15. The predicted molar refractivity (Wildman–Crippen MR) is 84.2 cm³/mol. The lowest BCUT2D eigenvalue weighted by Gasteiger charge is -2.56. The van der Waals surface area contributed by atoms with Gasteiger partial charge in [-0.05, 0) is 55.5 Å². The summed E-state index contributed by atoms with van der Waals surface area (Å²) < 4.78 is 0. The number of hydrogen-bond donors (Lipinski definition) is 2. The minimum atomic E-state index is -2.01. The minimum Gasteiger partial charge on any atom is -0.354 e. The molecular formula is C16H21NS. The van der Waals surface area contributed by atoms with Crippen LogP contribution in [-0.4, -0.2) is 18.8 Å². The number of hydrogen-bond acceptors (Lipinski definition) is 1. The van der Waals surface area contributed by atoms with Gasteiger partial charge in [0.2, 0.25) is 0 Å². The number of benzene rings is 2. The summed E-state index contributed by atoms with van der Waals surface area (Å²) in [5.74, 6) is 0. The highest BCUT2D eigenvalue weighted by Gasteiger charge is 2.37. The fourth-order valence-corrected chi connectivity index (χ4v) is 6.40. The SMILES string of the molecule is Cc1ccc2c(c1)[SH](C)(C)(C)c1ccccc1N2. The molecule has 2 heteroatoms. The first-order valence-corrected chi connectivity index (χ1v) is 9.93. The number of fused-ring (bicyclic) bond motifs is 2. The molecule has 0 unspecified atom stereocenters. The van der Waals surface area contributed by atoms with Gasteiger partial charge in [-0.25, -0.2) is 9.16 Å². The van der Waals surface area contributed by atoms with Crippen molar-refractivity contribution in [2.24, 2.45) is 0 Å². The summed E-state index contributed by atoms with van der Waals surface area (Å²) in [6.07, 6.45) is 7.34. The van der Waals surface area contributed by atoms with Crippen molar-refractivity contribution < 1.29 is 0 Å². The zero-order chi connectivity index (χ0) is 13.0. The van der Waals surface area contributed by atoms with Crippen LogP contribution in [0.15, 0.2) is 52.3 Å². The fourth-order valence-electron chi connectivity index (χ4n) is 2.93. The Hall–Kier alpha value is -1.41. The van der Waals surface area contributed by atoms with Crippen molar-refractivity contribution in [3.63, 3.8) is 0 Å². The van der Waals surface area contributed by atoms with Gasteiger partial charge in [-0.2, -0.15) is 0 Å². The average molecular weight is 259 g/mol. The van der Waals surface area contributed by atoms with E-state index in [0.717, 1.165) is 0 Å². The van der Waals surface area contributed by atoms with Crippen molar-refractivity contribution in [3.05, 3.63) is 48.0 Å². The summed E-state index contributed by atoms with van der Waals surface area (Å²) in [7, 11) is -2.01. The molecule has 3 rings (SSSR count). The zero-order valence-electron chi connectivity index (χ0n) is 11.5. The van der Waals surface area contributed by atoms with Gasteiger partial charge in [0.25, 0.3) is 0 Å². The lowest BCUT2D eigenvalue weighted by Crippen LogP contribution is -2.21. The van der Waals surface area contributed by atoms with Gasteiger partial charge in [-0.15, -0.1) is 0 Å². The van der Waals surface area contributed by atoms with E-state index in [1.54, 1.807) is 0 Å². The van der Waals surface area contributed by atoms with Crippen LogP contribution in [0.25, 0.3) is 0 Å². The van der Waals surface area contributed by atoms with Crippen LogP contribution in [0.3, 0.4) is 0 Å². The van der Waals surface area contributed by atoms with E-state index in [2.05, 4.69) is 73.5 Å². The molecule has 0 saturated carbocycles. The molecule has 96 valence electrons. The molecule has 0 aromatic heterocycles. The number of aryl methyl sites for hydroxylation is 1. The minimum absolute atomic E-state index is 1.28. The van der Waals surface area contributed by atoms with Crippen LogP contribution in [0.5, 0.6) is 0 Å². The van der Waals surface area contributed by atoms with E-state index < -0.39 is 9.16 Å². The molecule has 0 saturated heterocycles. The molecule has 0 fully saturated rings. The Morgan fingerprint density at radius 2 is 1.50 bits per heavy atom. The van der Waals surface area contributed by atoms with Crippen LogP contribution < -0.4 is 5.32 Å². The largest absolute Gasteiger partial charge is 0.354 e. The van der Waals surface area contributed by atoms with Crippen molar-refractivity contribution in [2.75, 3.05) is 24.1 Å². The molecule has 0 radical (unpaired) electrons. The summed E-state index contributed by atoms with van der Waals surface area (Å²) >= 11 is 0. The lowest BCUT2D eigenvalue weighted by molar-refractivity contribution is 1.24. The average Bonchev–Trinajstić information content (AvgIpc) is 2.30. The molecule has 1 N–H and O–H groups in total. The van der Waals surface area contributed by atoms with Gasteiger partial charge in [-0.3, -0.25) is 0 Å². The van der Waals surface area contributed by atoms with Crippen molar-refractivity contribution in [2.45, 2.75) is 16.7 Å². The molecule has 1 heterocycles. The smallest absolute Gasteiger partial charge is 0.0495 e. The van der Waals surface area contributed by atoms with E-state index in [1.165, 1.54) is 26.7 Å². The van der Waals surface area contributed by atoms with E-state index in [4.69, 9.17) is 0 Å². The van der Waals surface area contributed by atoms with E-state index in [1.807, 2.05) is 0 Å². The van der Waals surface area contributed by atoms with E-state index >= 15 is 0 Å². The maximum atomic E-state index is 3.58. The van der Waals surface area contributed by atoms with Crippen LogP contribution in [-0.2, 0) is 0 Å². The highest BCUT2D eigenvalue weighted by molar-refractivity contribution is 8.48. The molecule has 18 heavy (non-hydrogen) atoms. The Labute approximate surface area is 110 Å². The van der Waals surface area contributed by atoms with Crippen LogP contribution in [0.1, 0.15) is 5.56 Å². The molecule has 1 aliphatic rings. The maximum absolute atomic E-state index is 3.58. The summed E-state index contributed by atoms with van der Waals surface area (Å²) in [4.78, 5) is 2.99. The zero-order valence-corrected chi connectivity index (χ0v) is 12.4. The van der Waals surface area contributed by atoms with Gasteiger partial charge in [0.05, 0.1) is 0 Å². The molecule has 0 bridgehead atoms. The second-order valence-corrected chi connectivity index (χ2v) is 13.0. The third kappa shape index (κ3) is 1.49. The summed E-state index contributed by atoms with van der Waals surface area (Å²) in [6.45, 7) is 2.17. The molecule has 0 aliphatic carbocycles. The molecule has 2 aromatic carbocycles. The molecule has 1 nitrogen and oxygen atoms in total. The van der Waals surface area contributed by atoms with E-state index in [9.17, 15) is 0 Å². The van der Waals surface area contributed by atoms with Crippen LogP contribution in [0.4, 0.5) is 11.4 Å². The third-order valence-electron chi connectivity index (χ3n) is 4.01. The molecule has 0 spiro atoms. The fraction of sp³-hybridized carbons (Fsp3) is 0.250. The summed E-state index contributed by atoms with van der Waals surface area (Å²) in [6, 6.07) is 15.5. The van der Waals surface area contributed by atoms with Crippen molar-refractivity contribution in [3.8, 4) is 0 Å². The quantitative estimate of drug-likeness (QED) is 0.667. The second-order valence-electron chi connectivity index (χ2n) is 6.46. The first-order chi connectivity index (χ1) is 8.37. The standard InChI is InChI=1S/C16H21NS/c1-12-9-10-14-16(11-12)18(2,3,4)15-8-6-5-7-13(15)17-14/h5-11,17-18H,1-4H3. The Morgan fingerprint density at radius 1 is 0.833 bits per heavy atom. The van der Waals surface area contributed by atoms with Crippen molar-refractivity contribution in [1.82, 2.24) is 0 Å². The number of thiol groups is 1. The molecule has 0 amide bonds. The van der Waals surface area contributed by atoms with Crippen LogP contribution >= 0.6 is 9.16 Å². The van der Waals surface area contributed by atoms with Gasteiger partial charge < -0.3 is 5.32 Å². The van der Waals surface area contributed by atoms with Gasteiger partial charge in [0.15, 0.2) is 0 Å². The molecule has 2 aromatic rings.